The van der Waals surface area contributed by atoms with Crippen LogP contribution in [0.15, 0.2) is 22.2 Å². The number of phosphoric ester groups is 1. The standard InChI is InChI=1S/C23H29N8O14P/c1-8-27-18-13(19(36)28-8)25-6-30(18)20-16(41-9(2)33)14(35)12(44-20)5-40-46(38,39)45-15-11(4-32)43-21(17(15)42-10(3)34)31-7-26-22(24)29-23(31)37/h6-7,11-12,14-17,20-21,32,35H,4-5H2,1-3H3,(H,38,39)(H2,24,29,37)(H,27,28,36)/t11-,12-,14?,15?,16+,17+,20-,21-/m1/s1. The van der Waals surface area contributed by atoms with E-state index in [1.807, 2.05) is 0 Å². The number of aliphatic hydroxyl groups excluding tert-OH is 2. The molecule has 3 unspecified atom stereocenters. The van der Waals surface area contributed by atoms with Gasteiger partial charge in [-0.1, -0.05) is 0 Å². The number of aromatic amines is 1. The van der Waals surface area contributed by atoms with Crippen molar-refractivity contribution in [3.8, 4) is 0 Å². The molecule has 22 nitrogen and oxygen atoms in total. The summed E-state index contributed by atoms with van der Waals surface area (Å²) in [5.41, 5.74) is 3.87. The van der Waals surface area contributed by atoms with Crippen LogP contribution in [0.4, 0.5) is 5.95 Å². The highest BCUT2D eigenvalue weighted by molar-refractivity contribution is 7.47. The predicted octanol–water partition coefficient (Wildman–Crippen LogP) is -2.82. The third-order valence-electron chi connectivity index (χ3n) is 6.88. The second-order valence-corrected chi connectivity index (χ2v) is 11.6. The third-order valence-corrected chi connectivity index (χ3v) is 7.87. The number of aliphatic hydroxyl groups is 2. The van der Waals surface area contributed by atoms with Gasteiger partial charge >= 0.3 is 25.5 Å². The summed E-state index contributed by atoms with van der Waals surface area (Å²) in [7, 11) is -5.17. The van der Waals surface area contributed by atoms with Crippen molar-refractivity contribution in [3.05, 3.63) is 39.3 Å². The zero-order valence-electron chi connectivity index (χ0n) is 24.2. The lowest BCUT2D eigenvalue weighted by Gasteiger charge is -2.26. The van der Waals surface area contributed by atoms with Gasteiger partial charge in [-0.05, 0) is 6.92 Å². The highest BCUT2D eigenvalue weighted by atomic mass is 31.2. The Bertz CT molecular complexity index is 1800. The highest BCUT2D eigenvalue weighted by Gasteiger charge is 2.53. The number of carbonyl (C=O) groups excluding carboxylic acids is 2. The van der Waals surface area contributed by atoms with Gasteiger partial charge < -0.3 is 44.8 Å². The number of esters is 2. The molecule has 46 heavy (non-hydrogen) atoms. The van der Waals surface area contributed by atoms with Gasteiger partial charge in [-0.15, -0.1) is 0 Å². The van der Waals surface area contributed by atoms with Gasteiger partial charge in [0.15, 0.2) is 35.8 Å². The van der Waals surface area contributed by atoms with E-state index >= 15 is 0 Å². The van der Waals surface area contributed by atoms with E-state index in [4.69, 9.17) is 33.7 Å². The number of nitrogens with one attached hydrogen (secondary N) is 1. The van der Waals surface area contributed by atoms with Crippen LogP contribution in [-0.4, -0.2) is 111 Å². The number of aryl methyl sites for hydroxylation is 1. The summed E-state index contributed by atoms with van der Waals surface area (Å²) >= 11 is 0. The van der Waals surface area contributed by atoms with Crippen molar-refractivity contribution in [1.82, 2.24) is 34.1 Å². The molecule has 2 aliphatic rings. The number of imidazole rings is 1. The molecule has 0 amide bonds. The van der Waals surface area contributed by atoms with E-state index in [2.05, 4.69) is 24.9 Å². The van der Waals surface area contributed by atoms with Gasteiger partial charge in [-0.2, -0.15) is 4.98 Å². The highest BCUT2D eigenvalue weighted by Crippen LogP contribution is 2.49. The summed E-state index contributed by atoms with van der Waals surface area (Å²) in [5.74, 6) is -1.82. The first kappa shape index (κ1) is 33.2. The predicted molar refractivity (Wildman–Crippen MR) is 146 cm³/mol. The summed E-state index contributed by atoms with van der Waals surface area (Å²) in [6, 6.07) is 0. The minimum absolute atomic E-state index is 0.0429. The minimum Gasteiger partial charge on any atom is -0.455 e. The van der Waals surface area contributed by atoms with Gasteiger partial charge in [-0.25, -0.2) is 24.3 Å². The lowest BCUT2D eigenvalue weighted by atomic mass is 10.1. The van der Waals surface area contributed by atoms with Crippen molar-refractivity contribution < 1.29 is 57.3 Å². The van der Waals surface area contributed by atoms with Crippen LogP contribution < -0.4 is 17.0 Å². The second-order valence-electron chi connectivity index (χ2n) is 10.2. The molecule has 3 aromatic heterocycles. The van der Waals surface area contributed by atoms with Crippen LogP contribution in [-0.2, 0) is 42.1 Å². The average molecular weight is 673 g/mol. The molecule has 2 saturated heterocycles. The lowest BCUT2D eigenvalue weighted by Crippen LogP contribution is -2.40. The van der Waals surface area contributed by atoms with Crippen LogP contribution in [0.3, 0.4) is 0 Å². The van der Waals surface area contributed by atoms with E-state index < -0.39 is 93.3 Å². The van der Waals surface area contributed by atoms with Crippen molar-refractivity contribution in [2.24, 2.45) is 0 Å². The van der Waals surface area contributed by atoms with Gasteiger partial charge in [0.25, 0.3) is 5.56 Å². The Labute approximate surface area is 256 Å². The molecule has 2 aliphatic heterocycles. The molecule has 23 heteroatoms. The summed E-state index contributed by atoms with van der Waals surface area (Å²) in [4.78, 5) is 77.0. The minimum atomic E-state index is -5.17. The number of phosphoric acid groups is 1. The van der Waals surface area contributed by atoms with Crippen molar-refractivity contribution in [1.29, 1.82) is 0 Å². The smallest absolute Gasteiger partial charge is 0.455 e. The fourth-order valence-corrected chi connectivity index (χ4v) is 5.99. The number of nitrogens with two attached hydrogens (primary N) is 1. The van der Waals surface area contributed by atoms with Gasteiger partial charge in [0.2, 0.25) is 5.95 Å². The van der Waals surface area contributed by atoms with Crippen molar-refractivity contribution >= 4 is 36.9 Å². The summed E-state index contributed by atoms with van der Waals surface area (Å²) in [6.07, 6.45) is -9.86. The zero-order valence-corrected chi connectivity index (χ0v) is 25.1. The molecule has 0 aliphatic carbocycles. The van der Waals surface area contributed by atoms with Crippen LogP contribution in [0.2, 0.25) is 0 Å². The summed E-state index contributed by atoms with van der Waals surface area (Å²) < 4.78 is 47.4. The molecule has 250 valence electrons. The number of hydrogen-bond acceptors (Lipinski definition) is 18. The largest absolute Gasteiger partial charge is 0.472 e. The number of anilines is 1. The number of fused-ring (bicyclic) bond motifs is 1. The molecule has 5 heterocycles. The molecule has 6 N–H and O–H groups in total. The SMILES string of the molecule is CC(=O)O[C@H]1C(OP(=O)(O)OC[C@H]2O[C@@H](n3cnc4c(=O)[nH]c(C)nc43)[C@@H](OC(C)=O)C2O)[C@@H](CO)O[C@H]1n1cnc(N)nc1=O. The number of rotatable bonds is 10. The maximum Gasteiger partial charge on any atom is 0.472 e. The molecule has 5 rings (SSSR count). The molecule has 3 aromatic rings. The normalized spacial score (nSPS) is 29.1. The number of aromatic nitrogens is 7. The fourth-order valence-electron chi connectivity index (χ4n) is 5.03. The molecular formula is C23H29N8O14P. The Morgan fingerprint density at radius 3 is 2.30 bits per heavy atom. The summed E-state index contributed by atoms with van der Waals surface area (Å²) in [5, 5.41) is 20.9. The maximum absolute atomic E-state index is 13.1. The van der Waals surface area contributed by atoms with E-state index in [-0.39, 0.29) is 22.9 Å². The fraction of sp³-hybridized carbons (Fsp3) is 0.565. The second kappa shape index (κ2) is 12.9. The Balaban J connectivity index is 1.35. The first-order valence-electron chi connectivity index (χ1n) is 13.4. The Kier molecular flexibility index (Phi) is 9.33. The average Bonchev–Trinajstić information content (AvgIpc) is 3.61. The molecule has 9 atom stereocenters. The Morgan fingerprint density at radius 2 is 1.65 bits per heavy atom. The van der Waals surface area contributed by atoms with Crippen molar-refractivity contribution in [3.63, 3.8) is 0 Å². The first-order valence-corrected chi connectivity index (χ1v) is 14.9. The molecule has 2 fully saturated rings. The van der Waals surface area contributed by atoms with Crippen LogP contribution in [0, 0.1) is 6.92 Å². The van der Waals surface area contributed by atoms with Gasteiger partial charge in [0.1, 0.15) is 36.6 Å². The van der Waals surface area contributed by atoms with Crippen LogP contribution in [0.5, 0.6) is 0 Å². The number of nitrogens with zero attached hydrogens (tertiary/aromatic N) is 6. The van der Waals surface area contributed by atoms with Gasteiger partial charge in [0.05, 0.1) is 19.5 Å². The van der Waals surface area contributed by atoms with Gasteiger partial charge in [0, 0.05) is 13.8 Å². The quantitative estimate of drug-likeness (QED) is 0.107. The lowest BCUT2D eigenvalue weighted by molar-refractivity contribution is -0.156. The molecule has 0 radical (unpaired) electrons. The van der Waals surface area contributed by atoms with Crippen LogP contribution >= 0.6 is 7.82 Å². The monoisotopic (exact) mass is 672 g/mol. The van der Waals surface area contributed by atoms with Gasteiger partial charge in [-0.3, -0.25) is 32.6 Å². The zero-order chi connectivity index (χ0) is 33.5. The first-order chi connectivity index (χ1) is 21.7. The maximum atomic E-state index is 13.1. The molecule has 0 bridgehead atoms. The number of nitrogen functional groups attached to an aromatic ring is 1. The van der Waals surface area contributed by atoms with Crippen LogP contribution in [0.1, 0.15) is 32.1 Å². The van der Waals surface area contributed by atoms with Crippen molar-refractivity contribution in [2.75, 3.05) is 18.9 Å². The van der Waals surface area contributed by atoms with E-state index in [9.17, 15) is 38.8 Å². The number of H-pyrrole nitrogens is 1. The van der Waals surface area contributed by atoms with E-state index in [0.29, 0.717) is 0 Å². The number of ether oxygens (including phenoxy) is 4. The molecule has 0 aromatic carbocycles. The number of carbonyl (C=O) groups is 2. The topological polar surface area (TPSA) is 305 Å². The van der Waals surface area contributed by atoms with E-state index in [1.54, 1.807) is 0 Å². The number of hydrogen-bond donors (Lipinski definition) is 5. The van der Waals surface area contributed by atoms with E-state index in [0.717, 1.165) is 24.7 Å². The molecule has 0 spiro atoms. The molecule has 0 saturated carbocycles. The van der Waals surface area contributed by atoms with Crippen molar-refractivity contribution in [2.45, 2.75) is 69.9 Å². The molecular weight excluding hydrogens is 643 g/mol. The summed E-state index contributed by atoms with van der Waals surface area (Å²) in [6.45, 7) is 1.97. The Morgan fingerprint density at radius 1 is 1.02 bits per heavy atom. The van der Waals surface area contributed by atoms with Crippen LogP contribution in [0.25, 0.3) is 11.2 Å². The Hall–Kier alpha value is -4.15. The third kappa shape index (κ3) is 6.69. The van der Waals surface area contributed by atoms with E-state index in [1.165, 1.54) is 17.8 Å².